The van der Waals surface area contributed by atoms with Gasteiger partial charge < -0.3 is 5.32 Å². The molecule has 0 atom stereocenters. The van der Waals surface area contributed by atoms with Gasteiger partial charge in [0.05, 0.1) is 11.4 Å². The van der Waals surface area contributed by atoms with Crippen molar-refractivity contribution in [3.63, 3.8) is 0 Å². The highest BCUT2D eigenvalue weighted by molar-refractivity contribution is 5.94. The molecule has 1 fully saturated rings. The Kier molecular flexibility index (Phi) is 3.66. The van der Waals surface area contributed by atoms with E-state index >= 15 is 0 Å². The molecule has 0 bridgehead atoms. The molecular weight excluding hydrogens is 248 g/mol. The monoisotopic (exact) mass is 274 g/mol. The summed E-state index contributed by atoms with van der Waals surface area (Å²) in [7, 11) is 0. The highest BCUT2D eigenvalue weighted by atomic mass is 16.2. The van der Waals surface area contributed by atoms with E-state index in [0.29, 0.717) is 0 Å². The number of amides is 1. The summed E-state index contributed by atoms with van der Waals surface area (Å²) in [5.41, 5.74) is 2.93. The number of pyridine rings is 1. The zero-order valence-electron chi connectivity index (χ0n) is 13.5. The van der Waals surface area contributed by atoms with E-state index in [-0.39, 0.29) is 22.7 Å². The molecule has 1 N–H and O–H groups in total. The van der Waals surface area contributed by atoms with E-state index in [1.165, 1.54) is 0 Å². The third-order valence-corrected chi connectivity index (χ3v) is 3.67. The number of hydrogen-bond donors (Lipinski definition) is 1. The minimum atomic E-state index is -0.0808. The molecule has 1 heterocycles. The molecule has 0 radical (unpaired) electrons. The highest BCUT2D eigenvalue weighted by Gasteiger charge is 2.31. The number of nitrogens with one attached hydrogen (secondary N) is 1. The zero-order valence-corrected chi connectivity index (χ0v) is 13.5. The van der Waals surface area contributed by atoms with Crippen molar-refractivity contribution in [2.75, 3.05) is 5.32 Å². The number of hydrogen-bond acceptors (Lipinski definition) is 2. The van der Waals surface area contributed by atoms with Crippen LogP contribution in [0, 0.1) is 5.92 Å². The van der Waals surface area contributed by atoms with Crippen LogP contribution in [-0.2, 0) is 15.6 Å². The largest absolute Gasteiger partial charge is 0.324 e. The molecule has 0 aliphatic heterocycles. The Morgan fingerprint density at radius 1 is 1.15 bits per heavy atom. The molecule has 2 rings (SSSR count). The molecule has 1 aliphatic rings. The summed E-state index contributed by atoms with van der Waals surface area (Å²) in [4.78, 5) is 16.7. The normalized spacial score (nSPS) is 16.1. The number of nitrogens with zero attached hydrogens (tertiary/aromatic N) is 1. The molecule has 0 spiro atoms. The van der Waals surface area contributed by atoms with Crippen LogP contribution in [0.2, 0.25) is 0 Å². The van der Waals surface area contributed by atoms with Crippen molar-refractivity contribution in [1.82, 2.24) is 4.98 Å². The number of aromatic nitrogens is 1. The second kappa shape index (κ2) is 4.87. The maximum atomic E-state index is 12.1. The van der Waals surface area contributed by atoms with Gasteiger partial charge in [-0.1, -0.05) is 41.5 Å². The minimum absolute atomic E-state index is 0.0302. The smallest absolute Gasteiger partial charge is 0.227 e. The van der Waals surface area contributed by atoms with Gasteiger partial charge in [0, 0.05) is 17.5 Å². The Labute approximate surface area is 122 Å². The Bertz CT molecular complexity index is 517. The number of anilines is 1. The van der Waals surface area contributed by atoms with Gasteiger partial charge in [-0.3, -0.25) is 9.78 Å². The van der Waals surface area contributed by atoms with Crippen molar-refractivity contribution in [1.29, 1.82) is 0 Å². The van der Waals surface area contributed by atoms with Gasteiger partial charge in [-0.05, 0) is 29.9 Å². The van der Waals surface area contributed by atoms with E-state index in [2.05, 4.69) is 57.9 Å². The predicted molar refractivity (Wildman–Crippen MR) is 83.0 cm³/mol. The summed E-state index contributed by atoms with van der Waals surface area (Å²) < 4.78 is 0. The standard InChI is InChI=1S/C17H26N2O/c1-16(2,3)12-9-13(19-15(20)11-7-8-11)14(18-10-12)17(4,5)6/h9-11H,7-8H2,1-6H3,(H,19,20). The van der Waals surface area contributed by atoms with Crippen LogP contribution in [0.25, 0.3) is 0 Å². The molecule has 0 aromatic carbocycles. The molecular formula is C17H26N2O. The molecule has 0 unspecified atom stereocenters. The summed E-state index contributed by atoms with van der Waals surface area (Å²) in [6.45, 7) is 12.9. The average molecular weight is 274 g/mol. The van der Waals surface area contributed by atoms with E-state index in [1.807, 2.05) is 6.20 Å². The van der Waals surface area contributed by atoms with Crippen LogP contribution in [0.3, 0.4) is 0 Å². The van der Waals surface area contributed by atoms with Gasteiger partial charge >= 0.3 is 0 Å². The second-order valence-electron chi connectivity index (χ2n) is 7.88. The zero-order chi connectivity index (χ0) is 15.1. The first kappa shape index (κ1) is 15.0. The van der Waals surface area contributed by atoms with E-state index < -0.39 is 0 Å². The van der Waals surface area contributed by atoms with E-state index in [9.17, 15) is 4.79 Å². The molecule has 3 heteroatoms. The third-order valence-electron chi connectivity index (χ3n) is 3.67. The Morgan fingerprint density at radius 3 is 2.20 bits per heavy atom. The van der Waals surface area contributed by atoms with Gasteiger partial charge in [0.1, 0.15) is 0 Å². The van der Waals surface area contributed by atoms with Gasteiger partial charge in [0.2, 0.25) is 5.91 Å². The quantitative estimate of drug-likeness (QED) is 0.885. The summed E-state index contributed by atoms with van der Waals surface area (Å²) >= 11 is 0. The molecule has 1 amide bonds. The van der Waals surface area contributed by atoms with Crippen LogP contribution >= 0.6 is 0 Å². The van der Waals surface area contributed by atoms with Gasteiger partial charge in [-0.25, -0.2) is 0 Å². The summed E-state index contributed by atoms with van der Waals surface area (Å²) in [6, 6.07) is 2.09. The highest BCUT2D eigenvalue weighted by Crippen LogP contribution is 2.34. The predicted octanol–water partition coefficient (Wildman–Crippen LogP) is 4.03. The number of rotatable bonds is 2. The molecule has 1 aromatic heterocycles. The Hall–Kier alpha value is -1.38. The van der Waals surface area contributed by atoms with Gasteiger partial charge in [0.25, 0.3) is 0 Å². The van der Waals surface area contributed by atoms with E-state index in [0.717, 1.165) is 29.8 Å². The minimum Gasteiger partial charge on any atom is -0.324 e. The fourth-order valence-corrected chi connectivity index (χ4v) is 2.15. The van der Waals surface area contributed by atoms with Crippen LogP contribution < -0.4 is 5.32 Å². The first-order chi connectivity index (χ1) is 9.09. The maximum Gasteiger partial charge on any atom is 0.227 e. The first-order valence-corrected chi connectivity index (χ1v) is 7.41. The first-order valence-electron chi connectivity index (χ1n) is 7.41. The summed E-state index contributed by atoms with van der Waals surface area (Å²) in [5.74, 6) is 0.351. The Morgan fingerprint density at radius 2 is 1.75 bits per heavy atom. The lowest BCUT2D eigenvalue weighted by Gasteiger charge is -2.25. The van der Waals surface area contributed by atoms with Crippen LogP contribution in [0.4, 0.5) is 5.69 Å². The van der Waals surface area contributed by atoms with Crippen LogP contribution in [-0.4, -0.2) is 10.9 Å². The van der Waals surface area contributed by atoms with E-state index in [4.69, 9.17) is 0 Å². The molecule has 1 aromatic rings. The fourth-order valence-electron chi connectivity index (χ4n) is 2.15. The Balaban J connectivity index is 2.39. The van der Waals surface area contributed by atoms with Crippen molar-refractivity contribution >= 4 is 11.6 Å². The lowest BCUT2D eigenvalue weighted by molar-refractivity contribution is -0.117. The van der Waals surface area contributed by atoms with E-state index in [1.54, 1.807) is 0 Å². The summed E-state index contributed by atoms with van der Waals surface area (Å²) in [5, 5.41) is 3.09. The van der Waals surface area contributed by atoms with Gasteiger partial charge in [0.15, 0.2) is 0 Å². The molecule has 3 nitrogen and oxygen atoms in total. The number of carbonyl (C=O) groups is 1. The molecule has 20 heavy (non-hydrogen) atoms. The number of carbonyl (C=O) groups excluding carboxylic acids is 1. The van der Waals surface area contributed by atoms with Crippen molar-refractivity contribution in [3.8, 4) is 0 Å². The molecule has 110 valence electrons. The fraction of sp³-hybridized carbons (Fsp3) is 0.647. The maximum absolute atomic E-state index is 12.1. The van der Waals surface area contributed by atoms with Gasteiger partial charge in [-0.2, -0.15) is 0 Å². The van der Waals surface area contributed by atoms with Crippen molar-refractivity contribution in [3.05, 3.63) is 23.5 Å². The van der Waals surface area contributed by atoms with Crippen molar-refractivity contribution in [2.45, 2.75) is 65.2 Å². The topological polar surface area (TPSA) is 42.0 Å². The van der Waals surface area contributed by atoms with Crippen LogP contribution in [0.1, 0.15) is 65.6 Å². The molecule has 1 aliphatic carbocycles. The van der Waals surface area contributed by atoms with Crippen molar-refractivity contribution in [2.24, 2.45) is 5.92 Å². The molecule has 1 saturated carbocycles. The lowest BCUT2D eigenvalue weighted by Crippen LogP contribution is -2.23. The lowest BCUT2D eigenvalue weighted by atomic mass is 9.85. The average Bonchev–Trinajstić information content (AvgIpc) is 3.09. The summed E-state index contributed by atoms with van der Waals surface area (Å²) in [6.07, 6.45) is 3.97. The van der Waals surface area contributed by atoms with Crippen LogP contribution in [0.15, 0.2) is 12.3 Å². The molecule has 0 saturated heterocycles. The SMILES string of the molecule is CC(C)(C)c1cnc(C(C)(C)C)c(NC(=O)C2CC2)c1. The van der Waals surface area contributed by atoms with Crippen molar-refractivity contribution < 1.29 is 4.79 Å². The second-order valence-corrected chi connectivity index (χ2v) is 7.88. The third kappa shape index (κ3) is 3.38. The van der Waals surface area contributed by atoms with Crippen LogP contribution in [0.5, 0.6) is 0 Å². The van der Waals surface area contributed by atoms with Gasteiger partial charge in [-0.15, -0.1) is 0 Å².